The Morgan fingerprint density at radius 1 is 1.30 bits per heavy atom. The number of carboxylic acids is 1. The minimum atomic E-state index is -0.930. The number of ether oxygens (including phenoxy) is 1. The highest BCUT2D eigenvalue weighted by Crippen LogP contribution is 2.47. The molecule has 1 aromatic rings. The third kappa shape index (κ3) is 3.17. The van der Waals surface area contributed by atoms with E-state index >= 15 is 0 Å². The Morgan fingerprint density at radius 2 is 1.90 bits per heavy atom. The van der Waals surface area contributed by atoms with Crippen molar-refractivity contribution in [2.24, 2.45) is 0 Å². The number of benzene rings is 1. The summed E-state index contributed by atoms with van der Waals surface area (Å²) < 4.78 is 5.79. The fraction of sp³-hybridized carbons (Fsp3) is 0.353. The van der Waals surface area contributed by atoms with Crippen molar-refractivity contribution in [1.29, 1.82) is 0 Å². The molecule has 1 aromatic carbocycles. The van der Waals surface area contributed by atoms with Crippen LogP contribution in [0.4, 0.5) is 0 Å². The lowest BCUT2D eigenvalue weighted by atomic mass is 9.94. The van der Waals surface area contributed by atoms with Crippen LogP contribution in [0.25, 0.3) is 0 Å². The molecule has 1 heterocycles. The van der Waals surface area contributed by atoms with Crippen LogP contribution in [0.2, 0.25) is 0 Å². The standard InChI is InChI=1S/C17H20O3/c1-11(10-16(18)19)5-6-15-17(4,20-15)14-8-12(2)7-13(3)9-14/h5-10,15H,1-4H3,(H,18,19)/b6-5+,11-10+. The zero-order chi connectivity index (χ0) is 14.9. The van der Waals surface area contributed by atoms with E-state index in [1.807, 2.05) is 6.08 Å². The van der Waals surface area contributed by atoms with Gasteiger partial charge in [0, 0.05) is 6.08 Å². The summed E-state index contributed by atoms with van der Waals surface area (Å²) in [7, 11) is 0. The van der Waals surface area contributed by atoms with Crippen molar-refractivity contribution in [2.75, 3.05) is 0 Å². The maximum Gasteiger partial charge on any atom is 0.328 e. The number of hydrogen-bond acceptors (Lipinski definition) is 2. The molecule has 0 radical (unpaired) electrons. The normalized spacial score (nSPS) is 26.0. The summed E-state index contributed by atoms with van der Waals surface area (Å²) in [6.07, 6.45) is 4.91. The summed E-state index contributed by atoms with van der Waals surface area (Å²) in [5.41, 5.74) is 4.03. The topological polar surface area (TPSA) is 49.8 Å². The van der Waals surface area contributed by atoms with Gasteiger partial charge in [-0.1, -0.05) is 41.5 Å². The van der Waals surface area contributed by atoms with Gasteiger partial charge in [0.15, 0.2) is 0 Å². The summed E-state index contributed by atoms with van der Waals surface area (Å²) in [5.74, 6) is -0.930. The van der Waals surface area contributed by atoms with E-state index in [0.717, 1.165) is 0 Å². The SMILES string of the molecule is CC(/C=C/C1OC1(C)c1cc(C)cc(C)c1)=C\C(=O)O. The number of allylic oxidation sites excluding steroid dienone is 2. The quantitative estimate of drug-likeness (QED) is 0.518. The molecule has 0 bridgehead atoms. The van der Waals surface area contributed by atoms with Crippen molar-refractivity contribution in [2.45, 2.75) is 39.4 Å². The van der Waals surface area contributed by atoms with Crippen LogP contribution in [0.1, 0.15) is 30.5 Å². The Balaban J connectivity index is 2.13. The fourth-order valence-corrected chi connectivity index (χ4v) is 2.43. The van der Waals surface area contributed by atoms with Gasteiger partial charge in [-0.2, -0.15) is 0 Å². The fourth-order valence-electron chi connectivity index (χ4n) is 2.43. The van der Waals surface area contributed by atoms with Crippen LogP contribution < -0.4 is 0 Å². The van der Waals surface area contributed by atoms with E-state index in [9.17, 15) is 4.79 Å². The van der Waals surface area contributed by atoms with Gasteiger partial charge >= 0.3 is 5.97 Å². The van der Waals surface area contributed by atoms with Crippen molar-refractivity contribution < 1.29 is 14.6 Å². The van der Waals surface area contributed by atoms with Gasteiger partial charge in [-0.25, -0.2) is 4.79 Å². The van der Waals surface area contributed by atoms with E-state index in [4.69, 9.17) is 9.84 Å². The first kappa shape index (κ1) is 14.5. The first-order valence-electron chi connectivity index (χ1n) is 6.67. The molecule has 0 saturated carbocycles. The molecule has 2 atom stereocenters. The van der Waals surface area contributed by atoms with E-state index < -0.39 is 5.97 Å². The largest absolute Gasteiger partial charge is 0.478 e. The molecule has 1 fully saturated rings. The van der Waals surface area contributed by atoms with E-state index in [0.29, 0.717) is 5.57 Å². The second-order valence-corrected chi connectivity index (χ2v) is 5.61. The van der Waals surface area contributed by atoms with Gasteiger partial charge < -0.3 is 9.84 Å². The number of carbonyl (C=O) groups is 1. The van der Waals surface area contributed by atoms with Crippen LogP contribution in [0.3, 0.4) is 0 Å². The molecule has 1 aliphatic heterocycles. The van der Waals surface area contributed by atoms with Crippen molar-refractivity contribution in [3.05, 3.63) is 58.7 Å². The Bertz CT molecular complexity index is 578. The first-order valence-corrected chi connectivity index (χ1v) is 6.67. The molecule has 1 N–H and O–H groups in total. The average Bonchev–Trinajstić information content (AvgIpc) is 2.97. The number of aryl methyl sites for hydroxylation is 2. The molecule has 20 heavy (non-hydrogen) atoms. The van der Waals surface area contributed by atoms with E-state index in [-0.39, 0.29) is 11.7 Å². The number of epoxide rings is 1. The monoisotopic (exact) mass is 272 g/mol. The lowest BCUT2D eigenvalue weighted by molar-refractivity contribution is -0.131. The lowest BCUT2D eigenvalue weighted by Gasteiger charge is -2.09. The predicted octanol–water partition coefficient (Wildman–Crippen LogP) is 3.50. The Hall–Kier alpha value is -1.87. The van der Waals surface area contributed by atoms with Gasteiger partial charge in [0.2, 0.25) is 0 Å². The highest BCUT2D eigenvalue weighted by atomic mass is 16.6. The zero-order valence-electron chi connectivity index (χ0n) is 12.3. The minimum absolute atomic E-state index is 0.000782. The van der Waals surface area contributed by atoms with Gasteiger partial charge in [-0.15, -0.1) is 0 Å². The molecule has 2 rings (SSSR count). The second kappa shape index (κ2) is 5.25. The molecule has 3 heteroatoms. The van der Waals surface area contributed by atoms with E-state index in [2.05, 4.69) is 39.0 Å². The summed E-state index contributed by atoms with van der Waals surface area (Å²) >= 11 is 0. The van der Waals surface area contributed by atoms with Gasteiger partial charge in [0.1, 0.15) is 11.7 Å². The third-order valence-corrected chi connectivity index (χ3v) is 3.54. The zero-order valence-corrected chi connectivity index (χ0v) is 12.3. The molecule has 0 spiro atoms. The Morgan fingerprint density at radius 3 is 2.45 bits per heavy atom. The van der Waals surface area contributed by atoms with Crippen LogP contribution in [0.5, 0.6) is 0 Å². The van der Waals surface area contributed by atoms with E-state index in [1.165, 1.54) is 22.8 Å². The van der Waals surface area contributed by atoms with Crippen LogP contribution in [0, 0.1) is 13.8 Å². The van der Waals surface area contributed by atoms with Crippen LogP contribution in [0.15, 0.2) is 42.0 Å². The Labute approximate surface area is 119 Å². The van der Waals surface area contributed by atoms with Gasteiger partial charge in [0.25, 0.3) is 0 Å². The molecule has 0 aromatic heterocycles. The summed E-state index contributed by atoms with van der Waals surface area (Å²) in [6, 6.07) is 6.42. The van der Waals surface area contributed by atoms with Gasteiger partial charge in [-0.3, -0.25) is 0 Å². The Kier molecular flexibility index (Phi) is 3.82. The van der Waals surface area contributed by atoms with Crippen molar-refractivity contribution in [1.82, 2.24) is 0 Å². The molecule has 1 aliphatic rings. The smallest absolute Gasteiger partial charge is 0.328 e. The molecular weight excluding hydrogens is 252 g/mol. The predicted molar refractivity (Wildman–Crippen MR) is 78.7 cm³/mol. The maximum absolute atomic E-state index is 10.6. The third-order valence-electron chi connectivity index (χ3n) is 3.54. The number of hydrogen-bond donors (Lipinski definition) is 1. The summed E-state index contributed by atoms with van der Waals surface area (Å²) in [5, 5.41) is 8.66. The highest BCUT2D eigenvalue weighted by molar-refractivity contribution is 5.81. The molecular formula is C17H20O3. The van der Waals surface area contributed by atoms with Crippen molar-refractivity contribution in [3.63, 3.8) is 0 Å². The number of rotatable bonds is 4. The lowest BCUT2D eigenvalue weighted by Crippen LogP contribution is -2.07. The summed E-state index contributed by atoms with van der Waals surface area (Å²) in [6.45, 7) is 7.98. The van der Waals surface area contributed by atoms with Gasteiger partial charge in [0.05, 0.1) is 0 Å². The van der Waals surface area contributed by atoms with E-state index in [1.54, 1.807) is 13.0 Å². The molecule has 2 unspecified atom stereocenters. The average molecular weight is 272 g/mol. The van der Waals surface area contributed by atoms with Crippen LogP contribution >= 0.6 is 0 Å². The second-order valence-electron chi connectivity index (χ2n) is 5.61. The van der Waals surface area contributed by atoms with Crippen LogP contribution in [-0.2, 0) is 15.1 Å². The molecule has 0 amide bonds. The molecule has 0 aliphatic carbocycles. The molecule has 1 saturated heterocycles. The molecule has 106 valence electrons. The number of carboxylic acid groups (broad SMARTS) is 1. The molecule has 3 nitrogen and oxygen atoms in total. The minimum Gasteiger partial charge on any atom is -0.478 e. The van der Waals surface area contributed by atoms with Gasteiger partial charge in [-0.05, 0) is 38.8 Å². The van der Waals surface area contributed by atoms with Crippen molar-refractivity contribution in [3.8, 4) is 0 Å². The maximum atomic E-state index is 10.6. The highest BCUT2D eigenvalue weighted by Gasteiger charge is 2.52. The summed E-state index contributed by atoms with van der Waals surface area (Å²) in [4.78, 5) is 10.6. The number of aliphatic carboxylic acids is 1. The van der Waals surface area contributed by atoms with Crippen molar-refractivity contribution >= 4 is 5.97 Å². The first-order chi connectivity index (χ1) is 9.31. The van der Waals surface area contributed by atoms with Crippen LogP contribution in [-0.4, -0.2) is 17.2 Å².